The minimum atomic E-state index is -0.443. The second-order valence-electron chi connectivity index (χ2n) is 5.56. The van der Waals surface area contributed by atoms with Crippen LogP contribution in [0.25, 0.3) is 0 Å². The van der Waals surface area contributed by atoms with E-state index in [9.17, 15) is 4.79 Å². The van der Waals surface area contributed by atoms with Crippen LogP contribution in [0.2, 0.25) is 5.02 Å². The van der Waals surface area contributed by atoms with Crippen molar-refractivity contribution in [3.63, 3.8) is 0 Å². The molecule has 1 unspecified atom stereocenters. The summed E-state index contributed by atoms with van der Waals surface area (Å²) in [6.45, 7) is 8.98. The van der Waals surface area contributed by atoms with E-state index in [0.29, 0.717) is 36.3 Å². The fraction of sp³-hybridized carbons (Fsp3) is 0.444. The summed E-state index contributed by atoms with van der Waals surface area (Å²) in [5, 5.41) is 7.61. The fourth-order valence-electron chi connectivity index (χ4n) is 2.45. The molecule has 0 saturated heterocycles. The predicted octanol–water partition coefficient (Wildman–Crippen LogP) is 3.52. The van der Waals surface area contributed by atoms with Gasteiger partial charge in [0.1, 0.15) is 6.04 Å². The van der Waals surface area contributed by atoms with Crippen molar-refractivity contribution in [1.82, 2.24) is 15.1 Å². The summed E-state index contributed by atoms with van der Waals surface area (Å²) >= 11 is 6.00. The third kappa shape index (κ3) is 4.66. The topological polar surface area (TPSA) is 65.4 Å². The summed E-state index contributed by atoms with van der Waals surface area (Å²) in [5.74, 6) is 1.25. The molecule has 25 heavy (non-hydrogen) atoms. The highest BCUT2D eigenvalue weighted by Crippen LogP contribution is 2.28. The van der Waals surface area contributed by atoms with Crippen LogP contribution in [-0.4, -0.2) is 28.9 Å². The highest BCUT2D eigenvalue weighted by atomic mass is 35.5. The average Bonchev–Trinajstić information content (AvgIpc) is 2.93. The van der Waals surface area contributed by atoms with E-state index in [1.54, 1.807) is 17.8 Å². The molecule has 0 fully saturated rings. The quantitative estimate of drug-likeness (QED) is 0.777. The van der Waals surface area contributed by atoms with E-state index in [2.05, 4.69) is 10.4 Å². The van der Waals surface area contributed by atoms with Crippen LogP contribution in [0.15, 0.2) is 24.4 Å². The normalized spacial score (nSPS) is 11.9. The van der Waals surface area contributed by atoms with E-state index in [-0.39, 0.29) is 5.91 Å². The number of hydrogen-bond acceptors (Lipinski definition) is 4. The van der Waals surface area contributed by atoms with Crippen molar-refractivity contribution in [3.05, 3.63) is 40.7 Å². The number of hydrogen-bond donors (Lipinski definition) is 1. The Morgan fingerprint density at radius 2 is 1.96 bits per heavy atom. The van der Waals surface area contributed by atoms with Gasteiger partial charge in [-0.05, 0) is 45.4 Å². The SMILES string of the molecule is CCOc1ccc(CNC(=O)C(C)n2ncc(Cl)c2C)cc1OCC. The van der Waals surface area contributed by atoms with E-state index in [1.165, 1.54) is 0 Å². The van der Waals surface area contributed by atoms with Gasteiger partial charge in [-0.3, -0.25) is 9.48 Å². The number of aromatic nitrogens is 2. The molecule has 1 aromatic heterocycles. The standard InChI is InChI=1S/C18H24ClN3O3/c1-5-24-16-8-7-14(9-17(16)25-6-2)10-20-18(23)13(4)22-12(3)15(19)11-21-22/h7-9,11,13H,5-6,10H2,1-4H3,(H,20,23). The van der Waals surface area contributed by atoms with Crippen LogP contribution in [0, 0.1) is 6.92 Å². The van der Waals surface area contributed by atoms with Crippen LogP contribution in [0.3, 0.4) is 0 Å². The molecule has 2 rings (SSSR count). The van der Waals surface area contributed by atoms with Crippen molar-refractivity contribution < 1.29 is 14.3 Å². The van der Waals surface area contributed by atoms with Gasteiger partial charge >= 0.3 is 0 Å². The Bertz CT molecular complexity index is 730. The summed E-state index contributed by atoms with van der Waals surface area (Å²) in [6, 6.07) is 5.21. The first-order chi connectivity index (χ1) is 12.0. The molecular weight excluding hydrogens is 342 g/mol. The van der Waals surface area contributed by atoms with Crippen LogP contribution in [0.4, 0.5) is 0 Å². The van der Waals surface area contributed by atoms with Gasteiger partial charge in [0.15, 0.2) is 11.5 Å². The first-order valence-corrected chi connectivity index (χ1v) is 8.71. The molecule has 1 heterocycles. The number of amides is 1. The Balaban J connectivity index is 2.03. The van der Waals surface area contributed by atoms with Crippen molar-refractivity contribution >= 4 is 17.5 Å². The molecule has 0 radical (unpaired) electrons. The maximum absolute atomic E-state index is 12.4. The number of rotatable bonds is 8. The van der Waals surface area contributed by atoms with Gasteiger partial charge in [0.2, 0.25) is 5.91 Å². The third-order valence-electron chi connectivity index (χ3n) is 3.81. The molecule has 1 N–H and O–H groups in total. The van der Waals surface area contributed by atoms with Gasteiger partial charge in [-0.2, -0.15) is 5.10 Å². The maximum atomic E-state index is 12.4. The molecule has 7 heteroatoms. The van der Waals surface area contributed by atoms with Crippen LogP contribution in [0.1, 0.15) is 38.1 Å². The number of halogens is 1. The summed E-state index contributed by atoms with van der Waals surface area (Å²) in [6.07, 6.45) is 1.54. The minimum Gasteiger partial charge on any atom is -0.490 e. The number of nitrogens with one attached hydrogen (secondary N) is 1. The number of ether oxygens (including phenoxy) is 2. The van der Waals surface area contributed by atoms with Gasteiger partial charge in [-0.1, -0.05) is 17.7 Å². The van der Waals surface area contributed by atoms with Crippen molar-refractivity contribution in [2.24, 2.45) is 0 Å². The maximum Gasteiger partial charge on any atom is 0.244 e. The van der Waals surface area contributed by atoms with Crippen LogP contribution < -0.4 is 14.8 Å². The van der Waals surface area contributed by atoms with Crippen molar-refractivity contribution in [2.45, 2.75) is 40.3 Å². The average molecular weight is 366 g/mol. The lowest BCUT2D eigenvalue weighted by Crippen LogP contribution is -2.31. The number of benzene rings is 1. The fourth-order valence-corrected chi connectivity index (χ4v) is 2.58. The van der Waals surface area contributed by atoms with Crippen LogP contribution >= 0.6 is 11.6 Å². The molecule has 1 amide bonds. The summed E-state index contributed by atoms with van der Waals surface area (Å²) in [5.41, 5.74) is 1.70. The highest BCUT2D eigenvalue weighted by Gasteiger charge is 2.18. The number of nitrogens with zero attached hydrogens (tertiary/aromatic N) is 2. The molecule has 0 spiro atoms. The molecule has 0 bridgehead atoms. The Kier molecular flexibility index (Phi) is 6.70. The second-order valence-corrected chi connectivity index (χ2v) is 5.97. The first kappa shape index (κ1) is 19.1. The lowest BCUT2D eigenvalue weighted by atomic mass is 10.2. The first-order valence-electron chi connectivity index (χ1n) is 8.33. The van der Waals surface area contributed by atoms with Crippen molar-refractivity contribution in [1.29, 1.82) is 0 Å². The zero-order chi connectivity index (χ0) is 18.4. The zero-order valence-electron chi connectivity index (χ0n) is 15.0. The van der Waals surface area contributed by atoms with Crippen molar-refractivity contribution in [3.8, 4) is 11.5 Å². The highest BCUT2D eigenvalue weighted by molar-refractivity contribution is 6.31. The van der Waals surface area contributed by atoms with E-state index < -0.39 is 6.04 Å². The summed E-state index contributed by atoms with van der Waals surface area (Å²) in [7, 11) is 0. The molecule has 0 aliphatic heterocycles. The predicted molar refractivity (Wildman–Crippen MR) is 97.3 cm³/mol. The summed E-state index contributed by atoms with van der Waals surface area (Å²) in [4.78, 5) is 12.4. The minimum absolute atomic E-state index is 0.130. The smallest absolute Gasteiger partial charge is 0.244 e. The van der Waals surface area contributed by atoms with Crippen molar-refractivity contribution in [2.75, 3.05) is 13.2 Å². The Morgan fingerprint density at radius 3 is 2.56 bits per heavy atom. The Labute approximate surface area is 153 Å². The largest absolute Gasteiger partial charge is 0.490 e. The molecule has 1 atom stereocenters. The van der Waals surface area contributed by atoms with Gasteiger partial charge in [-0.25, -0.2) is 0 Å². The number of carbonyl (C=O) groups excluding carboxylic acids is 1. The monoisotopic (exact) mass is 365 g/mol. The molecule has 0 saturated carbocycles. The van der Waals surface area contributed by atoms with Gasteiger partial charge in [0, 0.05) is 6.54 Å². The molecule has 0 aliphatic rings. The van der Waals surface area contributed by atoms with E-state index in [1.807, 2.05) is 39.0 Å². The number of carbonyl (C=O) groups is 1. The lowest BCUT2D eigenvalue weighted by Gasteiger charge is -2.16. The van der Waals surface area contributed by atoms with E-state index in [0.717, 1.165) is 11.3 Å². The zero-order valence-corrected chi connectivity index (χ0v) is 15.8. The Morgan fingerprint density at radius 1 is 1.28 bits per heavy atom. The van der Waals surface area contributed by atoms with Crippen LogP contribution in [-0.2, 0) is 11.3 Å². The van der Waals surface area contributed by atoms with E-state index >= 15 is 0 Å². The van der Waals surface area contributed by atoms with Crippen LogP contribution in [0.5, 0.6) is 11.5 Å². The molecule has 2 aromatic rings. The third-order valence-corrected chi connectivity index (χ3v) is 4.18. The second kappa shape index (κ2) is 8.76. The van der Waals surface area contributed by atoms with Gasteiger partial charge in [0.25, 0.3) is 0 Å². The molecule has 1 aromatic carbocycles. The molecule has 0 aliphatic carbocycles. The Hall–Kier alpha value is -2.21. The molecule has 6 nitrogen and oxygen atoms in total. The lowest BCUT2D eigenvalue weighted by molar-refractivity contribution is -0.124. The van der Waals surface area contributed by atoms with Gasteiger partial charge in [-0.15, -0.1) is 0 Å². The van der Waals surface area contributed by atoms with E-state index in [4.69, 9.17) is 21.1 Å². The van der Waals surface area contributed by atoms with Gasteiger partial charge in [0.05, 0.1) is 30.1 Å². The molecular formula is C18H24ClN3O3. The van der Waals surface area contributed by atoms with Gasteiger partial charge < -0.3 is 14.8 Å². The molecule has 136 valence electrons. The summed E-state index contributed by atoms with van der Waals surface area (Å²) < 4.78 is 12.8.